The third-order valence-corrected chi connectivity index (χ3v) is 2.69. The van der Waals surface area contributed by atoms with Crippen molar-refractivity contribution >= 4 is 17.5 Å². The second-order valence-electron chi connectivity index (χ2n) is 3.98. The van der Waals surface area contributed by atoms with Gasteiger partial charge in [0, 0.05) is 25.2 Å². The van der Waals surface area contributed by atoms with Crippen molar-refractivity contribution in [3.63, 3.8) is 0 Å². The van der Waals surface area contributed by atoms with Crippen molar-refractivity contribution in [3.05, 3.63) is 24.0 Å². The lowest BCUT2D eigenvalue weighted by Gasteiger charge is -2.11. The Bertz CT molecular complexity index is 447. The van der Waals surface area contributed by atoms with Gasteiger partial charge in [-0.15, -0.1) is 0 Å². The van der Waals surface area contributed by atoms with Gasteiger partial charge in [-0.3, -0.25) is 14.6 Å². The summed E-state index contributed by atoms with van der Waals surface area (Å²) in [4.78, 5) is 26.6. The van der Waals surface area contributed by atoms with Gasteiger partial charge in [0.25, 0.3) is 5.91 Å². The van der Waals surface area contributed by atoms with Gasteiger partial charge in [-0.1, -0.05) is 0 Å². The molecule has 1 unspecified atom stereocenters. The van der Waals surface area contributed by atoms with Gasteiger partial charge in [0.1, 0.15) is 0 Å². The molecule has 17 heavy (non-hydrogen) atoms. The number of nitrogens with one attached hydrogen (secondary N) is 2. The molecule has 0 spiro atoms. The minimum atomic E-state index is -0.244. The number of nitrogens with two attached hydrogens (primary N) is 1. The van der Waals surface area contributed by atoms with Crippen LogP contribution in [0.1, 0.15) is 23.2 Å². The molecule has 1 atom stereocenters. The molecule has 6 nitrogen and oxygen atoms in total. The Morgan fingerprint density at radius 3 is 3.12 bits per heavy atom. The molecule has 2 amide bonds. The largest absolute Gasteiger partial charge is 0.397 e. The van der Waals surface area contributed by atoms with E-state index in [1.807, 2.05) is 0 Å². The highest BCUT2D eigenvalue weighted by Gasteiger charge is 2.21. The number of pyridine rings is 1. The number of amides is 2. The SMILES string of the molecule is Nc1cnccc1C(=O)NCC1CCC(=O)N1. The lowest BCUT2D eigenvalue weighted by atomic mass is 10.2. The summed E-state index contributed by atoms with van der Waals surface area (Å²) in [5, 5.41) is 5.52. The molecular formula is C11H14N4O2. The van der Waals surface area contributed by atoms with Crippen LogP contribution >= 0.6 is 0 Å². The van der Waals surface area contributed by atoms with Crippen molar-refractivity contribution < 1.29 is 9.59 Å². The van der Waals surface area contributed by atoms with E-state index in [0.717, 1.165) is 6.42 Å². The van der Waals surface area contributed by atoms with Crippen molar-refractivity contribution in [2.45, 2.75) is 18.9 Å². The molecule has 1 aromatic rings. The first-order valence-corrected chi connectivity index (χ1v) is 5.44. The number of hydrogen-bond acceptors (Lipinski definition) is 4. The molecule has 4 N–H and O–H groups in total. The molecule has 90 valence electrons. The zero-order valence-electron chi connectivity index (χ0n) is 9.27. The van der Waals surface area contributed by atoms with Crippen LogP contribution in [0, 0.1) is 0 Å². The fraction of sp³-hybridized carbons (Fsp3) is 0.364. The highest BCUT2D eigenvalue weighted by molar-refractivity contribution is 5.98. The summed E-state index contributed by atoms with van der Waals surface area (Å²) in [6, 6.07) is 1.59. The van der Waals surface area contributed by atoms with Crippen LogP contribution < -0.4 is 16.4 Å². The molecule has 0 radical (unpaired) electrons. The quantitative estimate of drug-likeness (QED) is 0.667. The van der Waals surface area contributed by atoms with E-state index < -0.39 is 0 Å². The van der Waals surface area contributed by atoms with E-state index in [4.69, 9.17) is 5.73 Å². The van der Waals surface area contributed by atoms with Crippen molar-refractivity contribution in [1.82, 2.24) is 15.6 Å². The predicted octanol–water partition coefficient (Wildman–Crippen LogP) is -0.328. The second kappa shape index (κ2) is 4.82. The molecule has 1 aliphatic heterocycles. The van der Waals surface area contributed by atoms with Crippen molar-refractivity contribution in [2.75, 3.05) is 12.3 Å². The number of anilines is 1. The van der Waals surface area contributed by atoms with Crippen LogP contribution in [-0.4, -0.2) is 29.4 Å². The van der Waals surface area contributed by atoms with Gasteiger partial charge < -0.3 is 16.4 Å². The third-order valence-electron chi connectivity index (χ3n) is 2.69. The molecule has 1 fully saturated rings. The van der Waals surface area contributed by atoms with Gasteiger partial charge >= 0.3 is 0 Å². The fourth-order valence-corrected chi connectivity index (χ4v) is 1.76. The molecule has 0 aliphatic carbocycles. The zero-order chi connectivity index (χ0) is 12.3. The maximum absolute atomic E-state index is 11.8. The summed E-state index contributed by atoms with van der Waals surface area (Å²) >= 11 is 0. The number of carbonyl (C=O) groups is 2. The molecule has 0 saturated carbocycles. The van der Waals surface area contributed by atoms with Gasteiger partial charge in [0.15, 0.2) is 0 Å². The average molecular weight is 234 g/mol. The van der Waals surface area contributed by atoms with Crippen molar-refractivity contribution in [2.24, 2.45) is 0 Å². The van der Waals surface area contributed by atoms with E-state index in [-0.39, 0.29) is 17.9 Å². The first-order valence-electron chi connectivity index (χ1n) is 5.44. The first kappa shape index (κ1) is 11.4. The van der Waals surface area contributed by atoms with E-state index >= 15 is 0 Å². The Morgan fingerprint density at radius 1 is 1.65 bits per heavy atom. The summed E-state index contributed by atoms with van der Waals surface area (Å²) in [6.45, 7) is 0.423. The van der Waals surface area contributed by atoms with Crippen LogP contribution in [0.5, 0.6) is 0 Å². The van der Waals surface area contributed by atoms with E-state index in [0.29, 0.717) is 24.2 Å². The van der Waals surface area contributed by atoms with Gasteiger partial charge in [-0.25, -0.2) is 0 Å². The predicted molar refractivity (Wildman–Crippen MR) is 62.1 cm³/mol. The molecule has 1 aromatic heterocycles. The maximum Gasteiger partial charge on any atom is 0.253 e. The van der Waals surface area contributed by atoms with Crippen LogP contribution in [-0.2, 0) is 4.79 Å². The second-order valence-corrected chi connectivity index (χ2v) is 3.98. The van der Waals surface area contributed by atoms with Gasteiger partial charge in [-0.2, -0.15) is 0 Å². The Morgan fingerprint density at radius 2 is 2.47 bits per heavy atom. The van der Waals surface area contributed by atoms with Crippen LogP contribution in [0.25, 0.3) is 0 Å². The summed E-state index contributed by atoms with van der Waals surface area (Å²) in [5.41, 5.74) is 6.39. The van der Waals surface area contributed by atoms with Crippen molar-refractivity contribution in [3.8, 4) is 0 Å². The molecule has 6 heteroatoms. The lowest BCUT2D eigenvalue weighted by molar-refractivity contribution is -0.119. The van der Waals surface area contributed by atoms with Gasteiger partial charge in [0.2, 0.25) is 5.91 Å². The van der Waals surface area contributed by atoms with Crippen LogP contribution in [0.15, 0.2) is 18.5 Å². The molecule has 2 rings (SSSR count). The smallest absolute Gasteiger partial charge is 0.253 e. The number of nitrogen functional groups attached to an aromatic ring is 1. The minimum absolute atomic E-state index is 0.0227. The molecule has 0 aromatic carbocycles. The van der Waals surface area contributed by atoms with Crippen LogP contribution in [0.4, 0.5) is 5.69 Å². The topological polar surface area (TPSA) is 97.1 Å². The molecular weight excluding hydrogens is 220 g/mol. The number of carbonyl (C=O) groups excluding carboxylic acids is 2. The summed E-state index contributed by atoms with van der Waals surface area (Å²) in [5.74, 6) is -0.210. The summed E-state index contributed by atoms with van der Waals surface area (Å²) in [7, 11) is 0. The summed E-state index contributed by atoms with van der Waals surface area (Å²) in [6.07, 6.45) is 4.23. The number of nitrogens with zero attached hydrogens (tertiary/aromatic N) is 1. The highest BCUT2D eigenvalue weighted by atomic mass is 16.2. The Kier molecular flexibility index (Phi) is 3.22. The van der Waals surface area contributed by atoms with Crippen LogP contribution in [0.2, 0.25) is 0 Å². The lowest BCUT2D eigenvalue weighted by Crippen LogP contribution is -2.38. The Labute approximate surface area is 98.6 Å². The molecule has 1 aliphatic rings. The van der Waals surface area contributed by atoms with E-state index in [9.17, 15) is 9.59 Å². The highest BCUT2D eigenvalue weighted by Crippen LogP contribution is 2.09. The van der Waals surface area contributed by atoms with Gasteiger partial charge in [-0.05, 0) is 12.5 Å². The van der Waals surface area contributed by atoms with E-state index in [1.54, 1.807) is 6.07 Å². The maximum atomic E-state index is 11.8. The summed E-state index contributed by atoms with van der Waals surface area (Å²) < 4.78 is 0. The van der Waals surface area contributed by atoms with Crippen molar-refractivity contribution in [1.29, 1.82) is 0 Å². The fourth-order valence-electron chi connectivity index (χ4n) is 1.76. The van der Waals surface area contributed by atoms with Gasteiger partial charge in [0.05, 0.1) is 17.4 Å². The monoisotopic (exact) mass is 234 g/mol. The zero-order valence-corrected chi connectivity index (χ0v) is 9.27. The average Bonchev–Trinajstić information content (AvgIpc) is 2.73. The van der Waals surface area contributed by atoms with Crippen LogP contribution in [0.3, 0.4) is 0 Å². The van der Waals surface area contributed by atoms with E-state index in [1.165, 1.54) is 12.4 Å². The molecule has 1 saturated heterocycles. The molecule has 0 bridgehead atoms. The minimum Gasteiger partial charge on any atom is -0.397 e. The first-order chi connectivity index (χ1) is 8.16. The molecule has 2 heterocycles. The Balaban J connectivity index is 1.90. The Hall–Kier alpha value is -2.11. The van der Waals surface area contributed by atoms with E-state index in [2.05, 4.69) is 15.6 Å². The standard InChI is InChI=1S/C11H14N4O2/c12-9-6-13-4-3-8(9)11(17)14-5-7-1-2-10(16)15-7/h3-4,6-7H,1-2,5,12H2,(H,14,17)(H,15,16). The number of hydrogen-bond donors (Lipinski definition) is 3. The normalized spacial score (nSPS) is 18.8. The third kappa shape index (κ3) is 2.72. The number of rotatable bonds is 3. The number of aromatic nitrogens is 1.